The van der Waals surface area contributed by atoms with E-state index in [9.17, 15) is 9.59 Å². The Hall–Kier alpha value is -3.06. The van der Waals surface area contributed by atoms with E-state index in [4.69, 9.17) is 15.9 Å². The average molecular weight is 491 g/mol. The molecule has 2 aromatic rings. The van der Waals surface area contributed by atoms with Gasteiger partial charge in [0.2, 0.25) is 5.91 Å². The highest BCUT2D eigenvalue weighted by Crippen LogP contribution is 2.33. The molecule has 0 aromatic heterocycles. The minimum absolute atomic E-state index is 0.132. The van der Waals surface area contributed by atoms with Crippen LogP contribution in [0.25, 0.3) is 0 Å². The Kier molecular flexibility index (Phi) is 7.83. The fourth-order valence-electron chi connectivity index (χ4n) is 2.24. The Morgan fingerprint density at radius 1 is 1.32 bits per heavy atom. The molecule has 0 aliphatic heterocycles. The van der Waals surface area contributed by atoms with E-state index >= 15 is 0 Å². The molecule has 0 unspecified atom stereocenters. The molecule has 2 aromatic carbocycles. The predicted octanol–water partition coefficient (Wildman–Crippen LogP) is 3.03. The molecule has 0 aliphatic rings. The first-order chi connectivity index (χ1) is 13.4. The van der Waals surface area contributed by atoms with Crippen LogP contribution >= 0.6 is 22.6 Å². The van der Waals surface area contributed by atoms with Gasteiger partial charge in [0.05, 0.1) is 16.9 Å². The van der Waals surface area contributed by atoms with Crippen LogP contribution in [0.5, 0.6) is 11.5 Å². The normalized spacial score (nSPS) is 10.2. The molecule has 28 heavy (non-hydrogen) atoms. The van der Waals surface area contributed by atoms with Gasteiger partial charge in [-0.25, -0.2) is 5.43 Å². The fraction of sp³-hybridized carbons (Fsp3) is 0.150. The van der Waals surface area contributed by atoms with E-state index in [1.807, 2.05) is 6.07 Å². The van der Waals surface area contributed by atoms with Crippen molar-refractivity contribution in [2.24, 2.45) is 5.10 Å². The van der Waals surface area contributed by atoms with Gasteiger partial charge in [0.25, 0.3) is 5.91 Å². The number of hydrogen-bond donors (Lipinski definition) is 2. The zero-order chi connectivity index (χ0) is 20.5. The van der Waals surface area contributed by atoms with Gasteiger partial charge in [-0.3, -0.25) is 9.59 Å². The van der Waals surface area contributed by atoms with Gasteiger partial charge in [-0.15, -0.1) is 6.42 Å². The maximum absolute atomic E-state index is 12.2. The van der Waals surface area contributed by atoms with Crippen molar-refractivity contribution in [1.82, 2.24) is 5.43 Å². The first-order valence-corrected chi connectivity index (χ1v) is 9.17. The minimum Gasteiger partial charge on any atom is -0.493 e. The summed E-state index contributed by atoms with van der Waals surface area (Å²) in [5.41, 5.74) is 4.06. The number of halogens is 1. The van der Waals surface area contributed by atoms with Crippen LogP contribution in [0.3, 0.4) is 0 Å². The van der Waals surface area contributed by atoms with E-state index in [1.54, 1.807) is 30.3 Å². The molecule has 2 N–H and O–H groups in total. The van der Waals surface area contributed by atoms with E-state index in [0.29, 0.717) is 28.3 Å². The standard InChI is InChI=1S/C20H18IN3O4/c1-4-8-28-19-17(21)9-14(10-18(19)27-3)12-22-24-20(26)15-6-5-7-16(11-15)23-13(2)25/h1,5-7,9-12H,8H2,2-3H3,(H,23,25)(H,24,26)/b22-12-. The van der Waals surface area contributed by atoms with Crippen LogP contribution in [0.2, 0.25) is 0 Å². The van der Waals surface area contributed by atoms with Crippen LogP contribution < -0.4 is 20.2 Å². The van der Waals surface area contributed by atoms with Crippen molar-refractivity contribution >= 4 is 46.3 Å². The van der Waals surface area contributed by atoms with Crippen molar-refractivity contribution in [2.45, 2.75) is 6.92 Å². The molecule has 0 spiro atoms. The third kappa shape index (κ3) is 5.99. The SMILES string of the molecule is C#CCOc1c(I)cc(/C=N\NC(=O)c2cccc(NC(C)=O)c2)cc1OC. The van der Waals surface area contributed by atoms with E-state index in [1.165, 1.54) is 20.2 Å². The predicted molar refractivity (Wildman–Crippen MR) is 116 cm³/mol. The van der Waals surface area contributed by atoms with E-state index < -0.39 is 5.91 Å². The highest BCUT2D eigenvalue weighted by Gasteiger charge is 2.11. The Balaban J connectivity index is 2.10. The van der Waals surface area contributed by atoms with Crippen molar-refractivity contribution in [3.8, 4) is 23.8 Å². The number of ether oxygens (including phenoxy) is 2. The van der Waals surface area contributed by atoms with Crippen molar-refractivity contribution in [2.75, 3.05) is 19.0 Å². The second kappa shape index (κ2) is 10.3. The highest BCUT2D eigenvalue weighted by atomic mass is 127. The van der Waals surface area contributed by atoms with Gasteiger partial charge in [0.1, 0.15) is 6.61 Å². The van der Waals surface area contributed by atoms with Crippen molar-refractivity contribution in [1.29, 1.82) is 0 Å². The number of methoxy groups -OCH3 is 1. The Bertz CT molecular complexity index is 951. The summed E-state index contributed by atoms with van der Waals surface area (Å²) in [6, 6.07) is 10.1. The second-order valence-corrected chi connectivity index (χ2v) is 6.65. The molecule has 0 aliphatic carbocycles. The third-order valence-corrected chi connectivity index (χ3v) is 4.18. The van der Waals surface area contributed by atoms with Gasteiger partial charge >= 0.3 is 0 Å². The van der Waals surface area contributed by atoms with E-state index in [2.05, 4.69) is 44.4 Å². The zero-order valence-corrected chi connectivity index (χ0v) is 17.4. The topological polar surface area (TPSA) is 89.0 Å². The molecule has 2 amide bonds. The average Bonchev–Trinajstić information content (AvgIpc) is 2.66. The van der Waals surface area contributed by atoms with E-state index in [-0.39, 0.29) is 12.5 Å². The summed E-state index contributed by atoms with van der Waals surface area (Å²) in [5, 5.41) is 6.60. The first kappa shape index (κ1) is 21.2. The third-order valence-electron chi connectivity index (χ3n) is 3.38. The van der Waals surface area contributed by atoms with Gasteiger partial charge in [-0.2, -0.15) is 5.10 Å². The fourth-order valence-corrected chi connectivity index (χ4v) is 3.02. The molecule has 0 radical (unpaired) electrons. The van der Waals surface area contributed by atoms with Gasteiger partial charge in [0.15, 0.2) is 11.5 Å². The summed E-state index contributed by atoms with van der Waals surface area (Å²) in [6.07, 6.45) is 6.71. The molecule has 0 saturated heterocycles. The van der Waals surface area contributed by atoms with E-state index in [0.717, 1.165) is 3.57 Å². The van der Waals surface area contributed by atoms with Gasteiger partial charge < -0.3 is 14.8 Å². The summed E-state index contributed by atoms with van der Waals surface area (Å²) in [4.78, 5) is 23.4. The molecule has 7 nitrogen and oxygen atoms in total. The molecular weight excluding hydrogens is 473 g/mol. The van der Waals surface area contributed by atoms with Crippen LogP contribution in [0.15, 0.2) is 41.5 Å². The van der Waals surface area contributed by atoms with Crippen molar-refractivity contribution in [3.63, 3.8) is 0 Å². The maximum Gasteiger partial charge on any atom is 0.271 e. The summed E-state index contributed by atoms with van der Waals surface area (Å²) in [5.74, 6) is 2.85. The number of amides is 2. The van der Waals surface area contributed by atoms with Crippen molar-refractivity contribution < 1.29 is 19.1 Å². The lowest BCUT2D eigenvalue weighted by atomic mass is 10.2. The number of anilines is 1. The Labute approximate surface area is 176 Å². The van der Waals surface area contributed by atoms with Crippen LogP contribution in [0, 0.1) is 15.9 Å². The first-order valence-electron chi connectivity index (χ1n) is 8.09. The summed E-state index contributed by atoms with van der Waals surface area (Å²) in [7, 11) is 1.53. The molecule has 0 bridgehead atoms. The summed E-state index contributed by atoms with van der Waals surface area (Å²) >= 11 is 2.11. The van der Waals surface area contributed by atoms with Gasteiger partial charge in [-0.1, -0.05) is 12.0 Å². The molecule has 0 atom stereocenters. The molecule has 8 heteroatoms. The Morgan fingerprint density at radius 3 is 2.79 bits per heavy atom. The Morgan fingerprint density at radius 2 is 2.11 bits per heavy atom. The lowest BCUT2D eigenvalue weighted by molar-refractivity contribution is -0.114. The maximum atomic E-state index is 12.2. The summed E-state index contributed by atoms with van der Waals surface area (Å²) in [6.45, 7) is 1.53. The number of carbonyl (C=O) groups excluding carboxylic acids is 2. The smallest absolute Gasteiger partial charge is 0.271 e. The lowest BCUT2D eigenvalue weighted by Crippen LogP contribution is -2.18. The number of hydrogen-bond acceptors (Lipinski definition) is 5. The minimum atomic E-state index is -0.404. The van der Waals surface area contributed by atoms with Crippen LogP contribution in [-0.4, -0.2) is 31.7 Å². The lowest BCUT2D eigenvalue weighted by Gasteiger charge is -2.11. The van der Waals surface area contributed by atoms with Gasteiger partial charge in [-0.05, 0) is 58.5 Å². The van der Waals surface area contributed by atoms with Crippen molar-refractivity contribution in [3.05, 3.63) is 51.1 Å². The number of nitrogens with one attached hydrogen (secondary N) is 2. The van der Waals surface area contributed by atoms with Gasteiger partial charge in [0, 0.05) is 18.2 Å². The number of nitrogens with zero attached hydrogens (tertiary/aromatic N) is 1. The second-order valence-electron chi connectivity index (χ2n) is 5.49. The zero-order valence-electron chi connectivity index (χ0n) is 15.3. The number of rotatable bonds is 7. The monoisotopic (exact) mass is 491 g/mol. The number of benzene rings is 2. The quantitative estimate of drug-likeness (QED) is 0.270. The number of terminal acetylenes is 1. The largest absolute Gasteiger partial charge is 0.493 e. The molecular formula is C20H18IN3O4. The summed E-state index contributed by atoms with van der Waals surface area (Å²) < 4.78 is 11.6. The molecule has 2 rings (SSSR count). The van der Waals surface area contributed by atoms with Crippen LogP contribution in [-0.2, 0) is 4.79 Å². The molecule has 0 saturated carbocycles. The highest BCUT2D eigenvalue weighted by molar-refractivity contribution is 14.1. The molecule has 0 fully saturated rings. The van der Waals surface area contributed by atoms with Crippen LogP contribution in [0.1, 0.15) is 22.8 Å². The number of carbonyl (C=O) groups is 2. The molecule has 144 valence electrons. The van der Waals surface area contributed by atoms with Crippen LogP contribution in [0.4, 0.5) is 5.69 Å². The molecule has 0 heterocycles. The number of hydrazone groups is 1.